The maximum atomic E-state index is 11.5. The van der Waals surface area contributed by atoms with Gasteiger partial charge in [-0.2, -0.15) is 0 Å². The van der Waals surface area contributed by atoms with E-state index < -0.39 is 6.04 Å². The first kappa shape index (κ1) is 13.1. The molecule has 0 rings (SSSR count). The molecule has 0 heterocycles. The molecule has 0 spiro atoms. The molecule has 4 heteroatoms. The molecule has 0 saturated heterocycles. The van der Waals surface area contributed by atoms with Gasteiger partial charge in [-0.1, -0.05) is 6.08 Å². The third-order valence-corrected chi connectivity index (χ3v) is 1.96. The molecule has 0 bridgehead atoms. The summed E-state index contributed by atoms with van der Waals surface area (Å²) in [4.78, 5) is 13.2. The van der Waals surface area contributed by atoms with E-state index in [1.807, 2.05) is 0 Å². The van der Waals surface area contributed by atoms with Crippen LogP contribution < -0.4 is 5.73 Å². The summed E-state index contributed by atoms with van der Waals surface area (Å²) < 4.78 is 4.89. The zero-order valence-electron chi connectivity index (χ0n) is 9.03. The van der Waals surface area contributed by atoms with E-state index in [2.05, 4.69) is 6.58 Å². The molecule has 1 amide bonds. The van der Waals surface area contributed by atoms with E-state index in [4.69, 9.17) is 10.5 Å². The van der Waals surface area contributed by atoms with Crippen molar-refractivity contribution in [3.8, 4) is 0 Å². The van der Waals surface area contributed by atoms with Crippen LogP contribution in [0, 0.1) is 0 Å². The number of methoxy groups -OCH3 is 1. The molecule has 14 heavy (non-hydrogen) atoms. The first-order chi connectivity index (χ1) is 6.63. The van der Waals surface area contributed by atoms with Gasteiger partial charge in [0, 0.05) is 27.3 Å². The number of amides is 1. The van der Waals surface area contributed by atoms with E-state index in [9.17, 15) is 4.79 Å². The molecule has 0 aromatic rings. The Morgan fingerprint density at radius 2 is 2.36 bits per heavy atom. The van der Waals surface area contributed by atoms with Gasteiger partial charge >= 0.3 is 0 Å². The number of carbonyl (C=O) groups excluding carboxylic acids is 1. The zero-order valence-corrected chi connectivity index (χ0v) is 9.03. The third-order valence-electron chi connectivity index (χ3n) is 1.96. The van der Waals surface area contributed by atoms with Gasteiger partial charge in [-0.05, 0) is 12.8 Å². The van der Waals surface area contributed by atoms with Gasteiger partial charge in [0.05, 0.1) is 6.04 Å². The largest absolute Gasteiger partial charge is 0.385 e. The minimum absolute atomic E-state index is 0.0407. The fourth-order valence-corrected chi connectivity index (χ4v) is 1.12. The topological polar surface area (TPSA) is 55.6 Å². The molecule has 0 aliphatic rings. The Labute approximate surface area is 85.7 Å². The number of hydrogen-bond acceptors (Lipinski definition) is 3. The van der Waals surface area contributed by atoms with E-state index >= 15 is 0 Å². The Kier molecular flexibility index (Phi) is 7.06. The molecule has 0 saturated carbocycles. The Hall–Kier alpha value is -0.870. The van der Waals surface area contributed by atoms with Crippen LogP contribution in [0.2, 0.25) is 0 Å². The molecule has 4 nitrogen and oxygen atoms in total. The standard InChI is InChI=1S/C10H20N2O2/c1-4-6-9(11)10(13)12(2)7-5-8-14-3/h4,9H,1,5-8,11H2,2-3H3. The second-order valence-electron chi connectivity index (χ2n) is 3.24. The van der Waals surface area contributed by atoms with Crippen LogP contribution in [-0.2, 0) is 9.53 Å². The summed E-state index contributed by atoms with van der Waals surface area (Å²) in [5.74, 6) is -0.0407. The van der Waals surface area contributed by atoms with E-state index in [0.29, 0.717) is 19.6 Å². The molecule has 1 unspecified atom stereocenters. The zero-order chi connectivity index (χ0) is 11.0. The minimum Gasteiger partial charge on any atom is -0.385 e. The van der Waals surface area contributed by atoms with Crippen LogP contribution >= 0.6 is 0 Å². The number of nitrogens with zero attached hydrogens (tertiary/aromatic N) is 1. The van der Waals surface area contributed by atoms with Crippen LogP contribution in [0.4, 0.5) is 0 Å². The molecule has 0 aromatic heterocycles. The fraction of sp³-hybridized carbons (Fsp3) is 0.700. The SMILES string of the molecule is C=CCC(N)C(=O)N(C)CCCOC. The third kappa shape index (κ3) is 4.99. The van der Waals surface area contributed by atoms with E-state index in [-0.39, 0.29) is 5.91 Å². The fourth-order valence-electron chi connectivity index (χ4n) is 1.12. The summed E-state index contributed by atoms with van der Waals surface area (Å²) in [6.45, 7) is 4.89. The first-order valence-corrected chi connectivity index (χ1v) is 4.73. The van der Waals surface area contributed by atoms with Crippen molar-refractivity contribution in [3.05, 3.63) is 12.7 Å². The van der Waals surface area contributed by atoms with Crippen LogP contribution in [0.1, 0.15) is 12.8 Å². The molecule has 1 atom stereocenters. The number of rotatable bonds is 7. The van der Waals surface area contributed by atoms with Crippen molar-refractivity contribution in [1.82, 2.24) is 4.90 Å². The highest BCUT2D eigenvalue weighted by molar-refractivity contribution is 5.81. The summed E-state index contributed by atoms with van der Waals surface area (Å²) in [5, 5.41) is 0. The summed E-state index contributed by atoms with van der Waals surface area (Å²) in [6.07, 6.45) is 3.01. The van der Waals surface area contributed by atoms with Crippen molar-refractivity contribution < 1.29 is 9.53 Å². The van der Waals surface area contributed by atoms with Gasteiger partial charge in [0.2, 0.25) is 5.91 Å². The average molecular weight is 200 g/mol. The lowest BCUT2D eigenvalue weighted by Gasteiger charge is -2.20. The maximum Gasteiger partial charge on any atom is 0.239 e. The first-order valence-electron chi connectivity index (χ1n) is 4.73. The van der Waals surface area contributed by atoms with Crippen LogP contribution in [0.25, 0.3) is 0 Å². The number of nitrogens with two attached hydrogens (primary N) is 1. The lowest BCUT2D eigenvalue weighted by Crippen LogP contribution is -2.42. The van der Waals surface area contributed by atoms with Crippen molar-refractivity contribution in [3.63, 3.8) is 0 Å². The average Bonchev–Trinajstić information content (AvgIpc) is 2.17. The molecule has 0 fully saturated rings. The van der Waals surface area contributed by atoms with Crippen LogP contribution in [0.15, 0.2) is 12.7 Å². The number of carbonyl (C=O) groups is 1. The minimum atomic E-state index is -0.458. The summed E-state index contributed by atoms with van der Waals surface area (Å²) >= 11 is 0. The molecular formula is C10H20N2O2. The highest BCUT2D eigenvalue weighted by atomic mass is 16.5. The van der Waals surface area contributed by atoms with Gasteiger partial charge in [0.15, 0.2) is 0 Å². The smallest absolute Gasteiger partial charge is 0.239 e. The predicted molar refractivity (Wildman–Crippen MR) is 56.9 cm³/mol. The molecule has 0 aliphatic heterocycles. The van der Waals surface area contributed by atoms with Gasteiger partial charge in [-0.15, -0.1) is 6.58 Å². The van der Waals surface area contributed by atoms with Gasteiger partial charge in [-0.3, -0.25) is 4.79 Å². The normalized spacial score (nSPS) is 12.2. The van der Waals surface area contributed by atoms with E-state index in [0.717, 1.165) is 6.42 Å². The van der Waals surface area contributed by atoms with Crippen molar-refractivity contribution in [2.45, 2.75) is 18.9 Å². The lowest BCUT2D eigenvalue weighted by molar-refractivity contribution is -0.131. The molecule has 0 aromatic carbocycles. The van der Waals surface area contributed by atoms with Crippen molar-refractivity contribution in [2.75, 3.05) is 27.3 Å². The second kappa shape index (κ2) is 7.53. The Morgan fingerprint density at radius 3 is 2.86 bits per heavy atom. The molecular weight excluding hydrogens is 180 g/mol. The summed E-state index contributed by atoms with van der Waals surface area (Å²) in [5.41, 5.74) is 5.64. The van der Waals surface area contributed by atoms with Gasteiger partial charge in [0.25, 0.3) is 0 Å². The monoisotopic (exact) mass is 200 g/mol. The molecule has 2 N–H and O–H groups in total. The number of hydrogen-bond donors (Lipinski definition) is 1. The van der Waals surface area contributed by atoms with E-state index in [1.165, 1.54) is 0 Å². The predicted octanol–water partition coefficient (Wildman–Crippen LogP) is 0.385. The quantitative estimate of drug-likeness (QED) is 0.477. The maximum absolute atomic E-state index is 11.5. The van der Waals surface area contributed by atoms with Crippen molar-refractivity contribution >= 4 is 5.91 Å². The van der Waals surface area contributed by atoms with Gasteiger partial charge in [0.1, 0.15) is 0 Å². The summed E-state index contributed by atoms with van der Waals surface area (Å²) in [7, 11) is 3.40. The van der Waals surface area contributed by atoms with Gasteiger partial charge in [-0.25, -0.2) is 0 Å². The Balaban J connectivity index is 3.79. The number of ether oxygens (including phenoxy) is 1. The van der Waals surface area contributed by atoms with Gasteiger partial charge < -0.3 is 15.4 Å². The number of likely N-dealkylation sites (N-methyl/N-ethyl adjacent to an activating group) is 1. The van der Waals surface area contributed by atoms with Crippen LogP contribution in [-0.4, -0.2) is 44.2 Å². The second-order valence-corrected chi connectivity index (χ2v) is 3.24. The highest BCUT2D eigenvalue weighted by Gasteiger charge is 2.15. The molecule has 0 radical (unpaired) electrons. The van der Waals surface area contributed by atoms with Crippen LogP contribution in [0.3, 0.4) is 0 Å². The van der Waals surface area contributed by atoms with Crippen molar-refractivity contribution in [1.29, 1.82) is 0 Å². The van der Waals surface area contributed by atoms with Crippen molar-refractivity contribution in [2.24, 2.45) is 5.73 Å². The summed E-state index contributed by atoms with van der Waals surface area (Å²) in [6, 6.07) is -0.458. The Bertz CT molecular complexity index is 183. The molecule has 0 aliphatic carbocycles. The molecule has 82 valence electrons. The Morgan fingerprint density at radius 1 is 1.71 bits per heavy atom. The van der Waals surface area contributed by atoms with E-state index in [1.54, 1.807) is 25.1 Å². The van der Waals surface area contributed by atoms with Crippen LogP contribution in [0.5, 0.6) is 0 Å². The lowest BCUT2D eigenvalue weighted by atomic mass is 10.2. The highest BCUT2D eigenvalue weighted by Crippen LogP contribution is 1.97.